The van der Waals surface area contributed by atoms with Crippen LogP contribution in [0.15, 0.2) is 41.5 Å². The molecule has 36 heavy (non-hydrogen) atoms. The van der Waals surface area contributed by atoms with Crippen LogP contribution >= 0.6 is 0 Å². The molecule has 1 aromatic carbocycles. The van der Waals surface area contributed by atoms with Gasteiger partial charge in [0.25, 0.3) is 5.91 Å². The van der Waals surface area contributed by atoms with Gasteiger partial charge in [-0.3, -0.25) is 14.4 Å². The number of amides is 1. The van der Waals surface area contributed by atoms with Gasteiger partial charge in [0.1, 0.15) is 11.2 Å². The quantitative estimate of drug-likeness (QED) is 0.461. The number of aromatic nitrogens is 3. The van der Waals surface area contributed by atoms with Crippen LogP contribution in [0.3, 0.4) is 0 Å². The molecule has 9 nitrogen and oxygen atoms in total. The summed E-state index contributed by atoms with van der Waals surface area (Å²) in [6, 6.07) is 8.53. The number of benzene rings is 1. The second-order valence-electron chi connectivity index (χ2n) is 9.76. The van der Waals surface area contributed by atoms with E-state index >= 15 is 0 Å². The number of hydroxylamine groups is 1. The van der Waals surface area contributed by atoms with Crippen LogP contribution in [-0.2, 0) is 11.3 Å². The van der Waals surface area contributed by atoms with Gasteiger partial charge < -0.3 is 14.8 Å². The molecular formula is C27H34N6O3. The van der Waals surface area contributed by atoms with Crippen LogP contribution in [0.1, 0.15) is 66.9 Å². The van der Waals surface area contributed by atoms with Crippen molar-refractivity contribution in [1.29, 1.82) is 0 Å². The molecular weight excluding hydrogens is 456 g/mol. The third-order valence-corrected chi connectivity index (χ3v) is 7.30. The van der Waals surface area contributed by atoms with Crippen molar-refractivity contribution < 1.29 is 9.63 Å². The number of rotatable bonds is 8. The first-order valence-electron chi connectivity index (χ1n) is 13.0. The molecule has 9 heteroatoms. The van der Waals surface area contributed by atoms with Crippen LogP contribution in [0.2, 0.25) is 0 Å². The summed E-state index contributed by atoms with van der Waals surface area (Å²) in [5.74, 6) is -0.147. The highest BCUT2D eigenvalue weighted by atomic mass is 16.6. The maximum Gasteiger partial charge on any atom is 0.280 e. The highest BCUT2D eigenvalue weighted by Gasteiger charge is 2.23. The summed E-state index contributed by atoms with van der Waals surface area (Å²) < 4.78 is 1.98. The lowest BCUT2D eigenvalue weighted by atomic mass is 9.95. The lowest BCUT2D eigenvalue weighted by Crippen LogP contribution is -2.30. The SMILES string of the molecule is CONC(=O)c1cn(C2CCCCC2)c2nc(Nc3ccc(CCN4CCCC4)cc3)ncc2c1=O. The average Bonchev–Trinajstić information content (AvgIpc) is 3.43. The van der Waals surface area contributed by atoms with E-state index in [-0.39, 0.29) is 11.6 Å². The monoisotopic (exact) mass is 490 g/mol. The maximum atomic E-state index is 13.1. The molecule has 1 aliphatic heterocycles. The van der Waals surface area contributed by atoms with Gasteiger partial charge in [-0.25, -0.2) is 10.5 Å². The number of hydrogen-bond acceptors (Lipinski definition) is 7. The van der Waals surface area contributed by atoms with Crippen LogP contribution in [-0.4, -0.2) is 52.1 Å². The Hall–Kier alpha value is -3.30. The van der Waals surface area contributed by atoms with Crippen molar-refractivity contribution in [1.82, 2.24) is 24.9 Å². The second kappa shape index (κ2) is 11.2. The molecule has 0 unspecified atom stereocenters. The summed E-state index contributed by atoms with van der Waals surface area (Å²) in [4.78, 5) is 42.0. The van der Waals surface area contributed by atoms with Crippen molar-refractivity contribution in [2.75, 3.05) is 32.1 Å². The molecule has 1 amide bonds. The van der Waals surface area contributed by atoms with E-state index in [1.54, 1.807) is 6.20 Å². The average molecular weight is 491 g/mol. The fourth-order valence-corrected chi connectivity index (χ4v) is 5.32. The Kier molecular flexibility index (Phi) is 7.58. The minimum atomic E-state index is -0.569. The normalized spacial score (nSPS) is 16.9. The molecule has 0 bridgehead atoms. The Morgan fingerprint density at radius 3 is 2.56 bits per heavy atom. The van der Waals surface area contributed by atoms with E-state index < -0.39 is 11.3 Å². The molecule has 190 valence electrons. The van der Waals surface area contributed by atoms with Gasteiger partial charge in [0.15, 0.2) is 0 Å². The molecule has 1 aliphatic carbocycles. The number of nitrogens with one attached hydrogen (secondary N) is 2. The van der Waals surface area contributed by atoms with Crippen molar-refractivity contribution >= 4 is 28.6 Å². The highest BCUT2D eigenvalue weighted by Crippen LogP contribution is 2.30. The predicted octanol–water partition coefficient (Wildman–Crippen LogP) is 3.97. The van der Waals surface area contributed by atoms with Crippen LogP contribution in [0.25, 0.3) is 11.0 Å². The number of pyridine rings is 1. The fourth-order valence-electron chi connectivity index (χ4n) is 5.32. The van der Waals surface area contributed by atoms with Crippen molar-refractivity contribution in [2.24, 2.45) is 0 Å². The zero-order valence-corrected chi connectivity index (χ0v) is 20.8. The van der Waals surface area contributed by atoms with Gasteiger partial charge in [0.2, 0.25) is 11.4 Å². The summed E-state index contributed by atoms with van der Waals surface area (Å²) in [6.07, 6.45) is 12.2. The van der Waals surface area contributed by atoms with E-state index in [0.717, 1.165) is 44.3 Å². The molecule has 2 N–H and O–H groups in total. The van der Waals surface area contributed by atoms with E-state index in [2.05, 4.69) is 32.8 Å². The second-order valence-corrected chi connectivity index (χ2v) is 9.76. The van der Waals surface area contributed by atoms with Gasteiger partial charge in [0.05, 0.1) is 12.5 Å². The molecule has 3 heterocycles. The van der Waals surface area contributed by atoms with E-state index in [4.69, 9.17) is 9.82 Å². The molecule has 2 aliphatic rings. The maximum absolute atomic E-state index is 13.1. The number of likely N-dealkylation sites (tertiary alicyclic amines) is 1. The molecule has 1 saturated carbocycles. The van der Waals surface area contributed by atoms with Gasteiger partial charge in [-0.05, 0) is 62.9 Å². The topological polar surface area (TPSA) is 101 Å². The number of carbonyl (C=O) groups excluding carboxylic acids is 1. The lowest BCUT2D eigenvalue weighted by Gasteiger charge is -2.26. The predicted molar refractivity (Wildman–Crippen MR) is 139 cm³/mol. The Morgan fingerprint density at radius 2 is 1.83 bits per heavy atom. The smallest absolute Gasteiger partial charge is 0.280 e. The number of anilines is 2. The summed E-state index contributed by atoms with van der Waals surface area (Å²) in [6.45, 7) is 3.52. The van der Waals surface area contributed by atoms with Gasteiger partial charge >= 0.3 is 0 Å². The minimum Gasteiger partial charge on any atom is -0.328 e. The summed E-state index contributed by atoms with van der Waals surface area (Å²) in [5.41, 5.74) is 4.63. The van der Waals surface area contributed by atoms with Crippen molar-refractivity contribution in [3.8, 4) is 0 Å². The first kappa shape index (κ1) is 24.4. The molecule has 0 radical (unpaired) electrons. The summed E-state index contributed by atoms with van der Waals surface area (Å²) in [7, 11) is 1.35. The number of hydrogen-bond donors (Lipinski definition) is 2. The van der Waals surface area contributed by atoms with Crippen molar-refractivity contribution in [3.63, 3.8) is 0 Å². The van der Waals surface area contributed by atoms with E-state index in [9.17, 15) is 9.59 Å². The van der Waals surface area contributed by atoms with E-state index in [0.29, 0.717) is 17.0 Å². The van der Waals surface area contributed by atoms with Gasteiger partial charge in [0, 0.05) is 30.7 Å². The Morgan fingerprint density at radius 1 is 1.08 bits per heavy atom. The van der Waals surface area contributed by atoms with E-state index in [1.165, 1.54) is 51.2 Å². The Balaban J connectivity index is 1.41. The molecule has 2 aromatic heterocycles. The highest BCUT2D eigenvalue weighted by molar-refractivity contribution is 5.96. The van der Waals surface area contributed by atoms with Crippen molar-refractivity contribution in [3.05, 3.63) is 58.0 Å². The van der Waals surface area contributed by atoms with Crippen LogP contribution in [0.4, 0.5) is 11.6 Å². The Labute approximate surface area is 210 Å². The third-order valence-electron chi connectivity index (χ3n) is 7.30. The summed E-state index contributed by atoms with van der Waals surface area (Å²) in [5, 5.41) is 3.61. The number of carbonyl (C=O) groups is 1. The van der Waals surface area contributed by atoms with Gasteiger partial charge in [-0.1, -0.05) is 31.4 Å². The zero-order chi connectivity index (χ0) is 24.9. The molecule has 0 atom stereocenters. The van der Waals surface area contributed by atoms with Crippen LogP contribution in [0, 0.1) is 0 Å². The lowest BCUT2D eigenvalue weighted by molar-refractivity contribution is 0.0535. The molecule has 5 rings (SSSR count). The van der Waals surface area contributed by atoms with Gasteiger partial charge in [-0.15, -0.1) is 0 Å². The fraction of sp³-hybridized carbons (Fsp3) is 0.481. The zero-order valence-electron chi connectivity index (χ0n) is 20.8. The number of fused-ring (bicyclic) bond motifs is 1. The molecule has 1 saturated heterocycles. The first-order chi connectivity index (χ1) is 17.6. The number of nitrogens with zero attached hydrogens (tertiary/aromatic N) is 4. The van der Waals surface area contributed by atoms with Crippen LogP contribution < -0.4 is 16.2 Å². The molecule has 3 aromatic rings. The van der Waals surface area contributed by atoms with Crippen molar-refractivity contribution in [2.45, 2.75) is 57.4 Å². The first-order valence-corrected chi connectivity index (χ1v) is 13.0. The van der Waals surface area contributed by atoms with Gasteiger partial charge in [-0.2, -0.15) is 4.98 Å². The Bertz CT molecular complexity index is 1260. The molecule has 2 fully saturated rings. The third kappa shape index (κ3) is 5.42. The van der Waals surface area contributed by atoms with Crippen LogP contribution in [0.5, 0.6) is 0 Å². The summed E-state index contributed by atoms with van der Waals surface area (Å²) >= 11 is 0. The minimum absolute atomic E-state index is 0.0313. The standard InChI is InChI=1S/C27H34N6O3/c1-36-31-26(35)23-18-33(21-7-3-2-4-8-21)25-22(24(23)34)17-28-27(30-25)29-20-11-9-19(10-12-20)13-16-32-14-5-6-15-32/h9-12,17-18,21H,2-8,13-16H2,1H3,(H,31,35)(H,28,29,30). The van der Waals surface area contributed by atoms with E-state index in [1.807, 2.05) is 16.7 Å². The largest absolute Gasteiger partial charge is 0.328 e. The molecule has 0 spiro atoms.